The summed E-state index contributed by atoms with van der Waals surface area (Å²) in [5, 5.41) is 0.874. The zero-order chi connectivity index (χ0) is 11.4. The molecule has 0 radical (unpaired) electrons. The van der Waals surface area contributed by atoms with E-state index in [2.05, 4.69) is 9.97 Å². The summed E-state index contributed by atoms with van der Waals surface area (Å²) >= 11 is 0. The van der Waals surface area contributed by atoms with Gasteiger partial charge in [-0.05, 0) is 12.1 Å². The van der Waals surface area contributed by atoms with Crippen molar-refractivity contribution < 1.29 is 9.47 Å². The number of hydrogen-bond acceptors (Lipinski definition) is 4. The maximum absolute atomic E-state index is 11.0. The zero-order valence-corrected chi connectivity index (χ0v) is 10.1. The summed E-state index contributed by atoms with van der Waals surface area (Å²) in [4.78, 5) is 17.3. The summed E-state index contributed by atoms with van der Waals surface area (Å²) in [6, 6.07) is 5.45. The summed E-state index contributed by atoms with van der Waals surface area (Å²) in [6.45, 7) is 1.02. The first-order valence-corrected chi connectivity index (χ1v) is 4.90. The van der Waals surface area contributed by atoms with Crippen molar-refractivity contribution in [1.82, 2.24) is 9.97 Å². The number of ether oxygens (including phenoxy) is 2. The van der Waals surface area contributed by atoms with Crippen LogP contribution in [-0.4, -0.2) is 30.3 Å². The molecule has 1 N–H and O–H groups in total. The summed E-state index contributed by atoms with van der Waals surface area (Å²) in [6.07, 6.45) is 1.53. The fourth-order valence-electron chi connectivity index (χ4n) is 1.36. The summed E-state index contributed by atoms with van der Waals surface area (Å²) in [5.74, 6) is 0.700. The third-order valence-corrected chi connectivity index (χ3v) is 2.14. The van der Waals surface area contributed by atoms with Gasteiger partial charge < -0.3 is 14.5 Å². The average Bonchev–Trinajstić information content (AvgIpc) is 2.29. The molecule has 2 aromatic rings. The number of hydrogen-bond donors (Lipinski definition) is 1. The lowest BCUT2D eigenvalue weighted by atomic mass is 10.2. The molecule has 2 rings (SSSR count). The summed E-state index contributed by atoms with van der Waals surface area (Å²) < 4.78 is 10.3. The number of methoxy groups -OCH3 is 1. The van der Waals surface area contributed by atoms with Crippen molar-refractivity contribution in [3.63, 3.8) is 0 Å². The molecule has 1 aromatic carbocycles. The van der Waals surface area contributed by atoms with Gasteiger partial charge in [0.15, 0.2) is 0 Å². The highest BCUT2D eigenvalue weighted by atomic mass is 35.5. The van der Waals surface area contributed by atoms with E-state index in [0.717, 1.165) is 10.9 Å². The lowest BCUT2D eigenvalue weighted by Gasteiger charge is -2.05. The number of benzene rings is 1. The van der Waals surface area contributed by atoms with Gasteiger partial charge in [-0.3, -0.25) is 0 Å². The molecule has 0 atom stereocenters. The van der Waals surface area contributed by atoms with E-state index in [1.165, 1.54) is 6.20 Å². The van der Waals surface area contributed by atoms with Crippen molar-refractivity contribution in [1.29, 1.82) is 0 Å². The molecule has 0 aliphatic heterocycles. The predicted octanol–water partition coefficient (Wildman–Crippen LogP) is 1.37. The van der Waals surface area contributed by atoms with Gasteiger partial charge in [0.25, 0.3) is 0 Å². The molecule has 0 aliphatic rings. The first kappa shape index (κ1) is 13.5. The van der Waals surface area contributed by atoms with Crippen molar-refractivity contribution in [2.45, 2.75) is 0 Å². The second-order valence-corrected chi connectivity index (χ2v) is 3.28. The van der Waals surface area contributed by atoms with Crippen LogP contribution >= 0.6 is 12.4 Å². The van der Waals surface area contributed by atoms with Crippen LogP contribution in [0.2, 0.25) is 0 Å². The van der Waals surface area contributed by atoms with E-state index in [1.807, 2.05) is 12.1 Å². The number of aromatic nitrogens is 2. The quantitative estimate of drug-likeness (QED) is 0.840. The second-order valence-electron chi connectivity index (χ2n) is 3.28. The maximum atomic E-state index is 11.0. The number of H-pyrrole nitrogens is 1. The first-order chi connectivity index (χ1) is 7.79. The molecule has 6 heteroatoms. The molecule has 0 amide bonds. The summed E-state index contributed by atoms with van der Waals surface area (Å²) in [7, 11) is 1.62. The van der Waals surface area contributed by atoms with Gasteiger partial charge in [0.1, 0.15) is 12.4 Å². The Balaban J connectivity index is 0.00000144. The van der Waals surface area contributed by atoms with Crippen molar-refractivity contribution >= 4 is 23.3 Å². The monoisotopic (exact) mass is 256 g/mol. The molecule has 17 heavy (non-hydrogen) atoms. The van der Waals surface area contributed by atoms with Crippen LogP contribution in [0.1, 0.15) is 0 Å². The Hall–Kier alpha value is -1.59. The minimum atomic E-state index is -0.360. The van der Waals surface area contributed by atoms with E-state index in [1.54, 1.807) is 13.2 Å². The van der Waals surface area contributed by atoms with E-state index in [9.17, 15) is 4.79 Å². The normalized spacial score (nSPS) is 9.94. The van der Waals surface area contributed by atoms with Gasteiger partial charge in [-0.25, -0.2) is 9.78 Å². The number of nitrogens with zero attached hydrogens (tertiary/aromatic N) is 1. The third-order valence-electron chi connectivity index (χ3n) is 2.14. The molecule has 0 aliphatic carbocycles. The maximum Gasteiger partial charge on any atom is 0.345 e. The SMILES string of the molecule is COCCOc1ccc2cnc(=O)[nH]c2c1.Cl. The number of aromatic amines is 1. The van der Waals surface area contributed by atoms with Crippen molar-refractivity contribution in [3.8, 4) is 5.75 Å². The lowest BCUT2D eigenvalue weighted by molar-refractivity contribution is 0.146. The Morgan fingerprint density at radius 3 is 2.94 bits per heavy atom. The number of halogens is 1. The van der Waals surface area contributed by atoms with Gasteiger partial charge in [-0.15, -0.1) is 12.4 Å². The molecule has 0 spiro atoms. The smallest absolute Gasteiger partial charge is 0.345 e. The van der Waals surface area contributed by atoms with Crippen LogP contribution in [0.5, 0.6) is 5.75 Å². The van der Waals surface area contributed by atoms with Crippen molar-refractivity contribution in [2.24, 2.45) is 0 Å². The summed E-state index contributed by atoms with van der Waals surface area (Å²) in [5.41, 5.74) is 0.358. The topological polar surface area (TPSA) is 64.2 Å². The minimum Gasteiger partial charge on any atom is -0.491 e. The van der Waals surface area contributed by atoms with Crippen LogP contribution in [0.25, 0.3) is 10.9 Å². The Labute approximate surface area is 104 Å². The molecule has 1 aromatic heterocycles. The molecule has 0 saturated carbocycles. The molecule has 0 saturated heterocycles. The van der Waals surface area contributed by atoms with Gasteiger partial charge in [-0.2, -0.15) is 0 Å². The molecular formula is C11H13ClN2O3. The molecule has 0 bridgehead atoms. The third kappa shape index (κ3) is 3.44. The van der Waals surface area contributed by atoms with Gasteiger partial charge in [0.2, 0.25) is 0 Å². The Morgan fingerprint density at radius 1 is 1.35 bits per heavy atom. The number of fused-ring (bicyclic) bond motifs is 1. The van der Waals surface area contributed by atoms with E-state index in [0.29, 0.717) is 19.0 Å². The second kappa shape index (κ2) is 6.22. The average molecular weight is 257 g/mol. The molecule has 92 valence electrons. The fourth-order valence-corrected chi connectivity index (χ4v) is 1.36. The van der Waals surface area contributed by atoms with Crippen LogP contribution in [0, 0.1) is 0 Å². The lowest BCUT2D eigenvalue weighted by Crippen LogP contribution is -2.09. The predicted molar refractivity (Wildman–Crippen MR) is 67.0 cm³/mol. The standard InChI is InChI=1S/C11H12N2O3.ClH/c1-15-4-5-16-9-3-2-8-7-12-11(14)13-10(8)6-9;/h2-3,6-7H,4-5H2,1H3,(H,12,13,14);1H. The van der Waals surface area contributed by atoms with Gasteiger partial charge in [0.05, 0.1) is 12.1 Å². The Morgan fingerprint density at radius 2 is 2.18 bits per heavy atom. The largest absolute Gasteiger partial charge is 0.491 e. The van der Waals surface area contributed by atoms with E-state index < -0.39 is 0 Å². The fraction of sp³-hybridized carbons (Fsp3) is 0.273. The van der Waals surface area contributed by atoms with Gasteiger partial charge in [0, 0.05) is 24.8 Å². The van der Waals surface area contributed by atoms with Crippen molar-refractivity contribution in [2.75, 3.05) is 20.3 Å². The number of rotatable bonds is 4. The zero-order valence-electron chi connectivity index (χ0n) is 9.30. The van der Waals surface area contributed by atoms with Crippen LogP contribution in [0.15, 0.2) is 29.2 Å². The molecule has 0 unspecified atom stereocenters. The molecular weight excluding hydrogens is 244 g/mol. The molecule has 5 nitrogen and oxygen atoms in total. The highest BCUT2D eigenvalue weighted by Gasteiger charge is 1.98. The Bertz CT molecular complexity index is 541. The first-order valence-electron chi connectivity index (χ1n) is 4.90. The van der Waals surface area contributed by atoms with Crippen LogP contribution < -0.4 is 10.4 Å². The van der Waals surface area contributed by atoms with Gasteiger partial charge in [-0.1, -0.05) is 0 Å². The van der Waals surface area contributed by atoms with E-state index in [-0.39, 0.29) is 18.1 Å². The van der Waals surface area contributed by atoms with E-state index in [4.69, 9.17) is 9.47 Å². The van der Waals surface area contributed by atoms with Crippen molar-refractivity contribution in [3.05, 3.63) is 34.9 Å². The highest BCUT2D eigenvalue weighted by molar-refractivity contribution is 5.85. The van der Waals surface area contributed by atoms with Crippen LogP contribution in [0.3, 0.4) is 0 Å². The van der Waals surface area contributed by atoms with Gasteiger partial charge >= 0.3 is 5.69 Å². The van der Waals surface area contributed by atoms with E-state index >= 15 is 0 Å². The molecule has 0 fully saturated rings. The highest BCUT2D eigenvalue weighted by Crippen LogP contribution is 2.17. The van der Waals surface area contributed by atoms with Crippen LogP contribution in [0.4, 0.5) is 0 Å². The molecule has 1 heterocycles. The van der Waals surface area contributed by atoms with Crippen LogP contribution in [-0.2, 0) is 4.74 Å². The minimum absolute atomic E-state index is 0. The Kier molecular flexibility index (Phi) is 4.93. The number of nitrogens with one attached hydrogen (secondary N) is 1.